The first-order valence-corrected chi connectivity index (χ1v) is 43.8. The Morgan fingerprint density at radius 1 is 0.484 bits per heavy atom. The molecule has 0 bridgehead atoms. The molecule has 2 saturated heterocycles. The molecule has 0 spiro atoms. The largest absolute Gasteiger partial charge is 0.481 e. The van der Waals surface area contributed by atoms with Crippen LogP contribution in [0, 0.1) is 35.5 Å². The molecule has 3 rings (SSSR count). The summed E-state index contributed by atoms with van der Waals surface area (Å²) < 4.78 is 0. The summed E-state index contributed by atoms with van der Waals surface area (Å²) in [6.07, 6.45) is -0.415. The van der Waals surface area contributed by atoms with Crippen molar-refractivity contribution in [3.63, 3.8) is 0 Å². The summed E-state index contributed by atoms with van der Waals surface area (Å²) in [6, 6.07) is -11.9. The fourth-order valence-corrected chi connectivity index (χ4v) is 14.2. The Hall–Kier alpha value is -10.8. The molecule has 708 valence electrons. The van der Waals surface area contributed by atoms with E-state index in [-0.39, 0.29) is 113 Å². The van der Waals surface area contributed by atoms with Gasteiger partial charge in [-0.2, -0.15) is 12.6 Å². The molecule has 0 saturated carbocycles. The molecular formula is C83H138N20O22S. The van der Waals surface area contributed by atoms with Gasteiger partial charge in [-0.15, -0.1) is 0 Å². The van der Waals surface area contributed by atoms with E-state index >= 15 is 0 Å². The number of aliphatic hydroxyl groups excluding tert-OH is 2. The molecule has 126 heavy (non-hydrogen) atoms. The third kappa shape index (κ3) is 39.4. The predicted molar refractivity (Wildman–Crippen MR) is 466 cm³/mol. The van der Waals surface area contributed by atoms with E-state index in [1.165, 1.54) is 11.8 Å². The predicted octanol–water partition coefficient (Wildman–Crippen LogP) is -3.89. The highest BCUT2D eigenvalue weighted by atomic mass is 32.1. The zero-order valence-electron chi connectivity index (χ0n) is 74.8. The molecule has 17 atom stereocenters. The van der Waals surface area contributed by atoms with Crippen molar-refractivity contribution in [2.75, 3.05) is 45.1 Å². The molecule has 1 unspecified atom stereocenters. The highest BCUT2D eigenvalue weighted by molar-refractivity contribution is 7.80. The normalized spacial score (nSPS) is 17.3. The minimum absolute atomic E-state index is 0.0185. The maximum Gasteiger partial charge on any atom is 0.326 e. The molecule has 2 heterocycles. The molecule has 43 heteroatoms. The average molecular weight is 1800 g/mol. The second kappa shape index (κ2) is 55.6. The van der Waals surface area contributed by atoms with Crippen LogP contribution in [0.2, 0.25) is 0 Å². The molecule has 2 aliphatic heterocycles. The number of carboxylic acids is 2. The molecule has 0 aromatic heterocycles. The standard InChI is InChI=1S/C83H138N20O22S/c1-15-47(12)66(80(122)90-48(13)68(110)98-59(36-46(10)11)81(123)103-31-21-26-62(103)82(124)125)101-71(113)53(27-28-65(108)109)91-63(106)39-89-79(121)67(49(14)105)102-76(118)57(35-45(8)9)96-73(115)55(33-43(4)5)94-72(114)54(32-42(2)3)95-74(116)56(34-44(6)7)97-78(120)61(41-126)100-77(119)60(40-104)99-75(117)58(37-50-22-17-16-18-23-50)92-64(107)38-88-69(111)52(25-20-30-87-83(84)85)93-70(112)51-24-19-29-86-51/h16-18,22-23,42-49,51-62,66-67,86,104-105,126H,15,19-21,24-41H2,1-14H3,(H,88,111)(H,89,121)(H,90,122)(H,91,106)(H,92,107)(H,93,112)(H,94,114)(H,95,116)(H,96,115)(H,97,120)(H,98,110)(H,99,117)(H,100,119)(H,101,113)(H,102,118)(H,108,109)(H,124,125)(H4,84,85,87)/t47?,48-,49+,51-,52-,53-,54-,55-,56-,57-,58-,59-,60-,61-,62-,66-,67-/m0/s1. The number of nitrogens with two attached hydrogens (primary N) is 2. The highest BCUT2D eigenvalue weighted by Gasteiger charge is 2.42. The monoisotopic (exact) mass is 1800 g/mol. The van der Waals surface area contributed by atoms with E-state index in [0.29, 0.717) is 24.9 Å². The smallest absolute Gasteiger partial charge is 0.326 e. The topological polar surface area (TPSA) is 648 Å². The van der Waals surface area contributed by atoms with Crippen molar-refractivity contribution >= 4 is 125 Å². The lowest BCUT2D eigenvalue weighted by molar-refractivity contribution is -0.149. The van der Waals surface area contributed by atoms with Crippen molar-refractivity contribution in [2.45, 2.75) is 290 Å². The van der Waals surface area contributed by atoms with Gasteiger partial charge in [0.1, 0.15) is 84.6 Å². The van der Waals surface area contributed by atoms with Gasteiger partial charge in [-0.3, -0.25) is 86.5 Å². The van der Waals surface area contributed by atoms with Crippen LogP contribution in [0.15, 0.2) is 35.3 Å². The van der Waals surface area contributed by atoms with Crippen molar-refractivity contribution in [1.29, 1.82) is 0 Å². The van der Waals surface area contributed by atoms with Crippen LogP contribution in [0.5, 0.6) is 0 Å². The number of aliphatic carboxylic acids is 2. The molecule has 24 N–H and O–H groups in total. The van der Waals surface area contributed by atoms with Gasteiger partial charge in [-0.1, -0.05) is 120 Å². The Kier molecular flexibility index (Phi) is 48.3. The first-order chi connectivity index (χ1) is 59.2. The van der Waals surface area contributed by atoms with E-state index in [9.17, 15) is 107 Å². The molecule has 0 aliphatic carbocycles. The van der Waals surface area contributed by atoms with Crippen LogP contribution in [0.25, 0.3) is 0 Å². The Bertz CT molecular complexity index is 3860. The van der Waals surface area contributed by atoms with Gasteiger partial charge in [0.05, 0.1) is 31.8 Å². The summed E-state index contributed by atoms with van der Waals surface area (Å²) in [7, 11) is 0. The van der Waals surface area contributed by atoms with Crippen molar-refractivity contribution in [3.8, 4) is 0 Å². The Morgan fingerprint density at radius 3 is 1.38 bits per heavy atom. The van der Waals surface area contributed by atoms with E-state index in [4.69, 9.17) is 11.5 Å². The number of guanidine groups is 1. The number of aliphatic hydroxyl groups is 2. The molecule has 16 amide bonds. The van der Waals surface area contributed by atoms with Crippen LogP contribution in [0.1, 0.15) is 192 Å². The van der Waals surface area contributed by atoms with Crippen LogP contribution in [-0.4, -0.2) is 280 Å². The van der Waals surface area contributed by atoms with Crippen LogP contribution >= 0.6 is 12.6 Å². The number of nitrogens with one attached hydrogen (secondary N) is 16. The van der Waals surface area contributed by atoms with Crippen LogP contribution < -0.4 is 96.5 Å². The number of nitrogens with zero attached hydrogens (tertiary/aromatic N) is 2. The summed E-state index contributed by atoms with van der Waals surface area (Å²) in [4.78, 5) is 252. The Balaban J connectivity index is 1.77. The number of benzene rings is 1. The molecular weight excluding hydrogens is 1660 g/mol. The minimum Gasteiger partial charge on any atom is -0.481 e. The molecule has 2 aliphatic rings. The highest BCUT2D eigenvalue weighted by Crippen LogP contribution is 2.22. The van der Waals surface area contributed by atoms with Crippen molar-refractivity contribution in [1.82, 2.24) is 90.0 Å². The fourth-order valence-electron chi connectivity index (χ4n) is 13.9. The van der Waals surface area contributed by atoms with Gasteiger partial charge < -0.3 is 122 Å². The maximum absolute atomic E-state index is 14.6. The van der Waals surface area contributed by atoms with Crippen molar-refractivity contribution in [3.05, 3.63) is 35.9 Å². The van der Waals surface area contributed by atoms with Crippen LogP contribution in [0.4, 0.5) is 0 Å². The summed E-state index contributed by atoms with van der Waals surface area (Å²) in [5, 5.41) is 81.9. The third-order valence-electron chi connectivity index (χ3n) is 20.8. The Morgan fingerprint density at radius 2 is 0.921 bits per heavy atom. The second-order valence-corrected chi connectivity index (χ2v) is 34.6. The van der Waals surface area contributed by atoms with Gasteiger partial charge in [-0.25, -0.2) is 4.79 Å². The van der Waals surface area contributed by atoms with Gasteiger partial charge in [0.15, 0.2) is 5.96 Å². The van der Waals surface area contributed by atoms with E-state index in [0.717, 1.165) is 13.3 Å². The lowest BCUT2D eigenvalue weighted by atomic mass is 9.97. The number of hydrogen-bond donors (Lipinski definition) is 23. The number of carboxylic acid groups (broad SMARTS) is 2. The second-order valence-electron chi connectivity index (χ2n) is 34.3. The van der Waals surface area contributed by atoms with Crippen LogP contribution in [-0.2, 0) is 92.7 Å². The average Bonchev–Trinajstić information content (AvgIpc) is 1.65. The zero-order chi connectivity index (χ0) is 94.9. The summed E-state index contributed by atoms with van der Waals surface area (Å²) in [6.45, 7) is 21.6. The summed E-state index contributed by atoms with van der Waals surface area (Å²) in [5.74, 6) is -19.2. The minimum atomic E-state index is -1.82. The number of aliphatic imine (C=N–C) groups is 1. The van der Waals surface area contributed by atoms with Crippen molar-refractivity contribution < 1.29 is 107 Å². The van der Waals surface area contributed by atoms with Gasteiger partial charge in [0.2, 0.25) is 94.5 Å². The van der Waals surface area contributed by atoms with Crippen LogP contribution in [0.3, 0.4) is 0 Å². The maximum atomic E-state index is 14.6. The first kappa shape index (κ1) is 109. The number of rotatable bonds is 56. The number of amides is 16. The number of thiol groups is 1. The first-order valence-electron chi connectivity index (χ1n) is 43.2. The van der Waals surface area contributed by atoms with Gasteiger partial charge in [0.25, 0.3) is 0 Å². The number of likely N-dealkylation sites (tertiary alicyclic amines) is 1. The van der Waals surface area contributed by atoms with Gasteiger partial charge >= 0.3 is 11.9 Å². The Labute approximate surface area is 741 Å². The quantitative estimate of drug-likeness (QED) is 0.0128. The van der Waals surface area contributed by atoms with E-state index in [1.807, 2.05) is 0 Å². The lowest BCUT2D eigenvalue weighted by Gasteiger charge is -2.30. The van der Waals surface area contributed by atoms with E-state index < -0.39 is 247 Å². The van der Waals surface area contributed by atoms with E-state index in [2.05, 4.69) is 103 Å². The number of carbonyl (C=O) groups is 18. The molecule has 1 aromatic rings. The molecule has 2 fully saturated rings. The third-order valence-corrected chi connectivity index (χ3v) is 21.1. The molecule has 0 radical (unpaired) electrons. The zero-order valence-corrected chi connectivity index (χ0v) is 75.7. The fraction of sp³-hybridized carbons (Fsp3) is 0.699. The van der Waals surface area contributed by atoms with Crippen molar-refractivity contribution in [2.24, 2.45) is 52.0 Å². The molecule has 1 aromatic carbocycles. The summed E-state index contributed by atoms with van der Waals surface area (Å²) >= 11 is 4.29. The summed E-state index contributed by atoms with van der Waals surface area (Å²) in [5.41, 5.74) is 11.5. The van der Waals surface area contributed by atoms with Gasteiger partial charge in [-0.05, 0) is 139 Å². The SMILES string of the molecule is CCC(C)[C@H](NC(=O)[C@H](CCC(=O)O)NC(=O)CNC(=O)[C@@H](NC(=O)[C@H](CC(C)C)NC(=O)[C@H](CC(C)C)NC(=O)[C@H](CC(C)C)NC(=O)[C@H](CC(C)C)NC(=O)[C@H](CS)NC(=O)[C@H](CO)NC(=O)[C@H](Cc1ccccc1)NC(=O)CNC(=O)[C@H](CCCN=C(N)N)NC(=O)[C@@H]1CCCN1)[C@@H](C)O)C(=O)N[C@@H](C)C(=O)N[C@@H](CC(C)C)C(=O)N1CCC[C@H]1C(=O)O. The molecule has 42 nitrogen and oxygen atoms in total. The van der Waals surface area contributed by atoms with E-state index in [1.54, 1.807) is 113 Å². The number of carbonyl (C=O) groups excluding carboxylic acids is 16. The number of hydrogen-bond acceptors (Lipinski definition) is 23. The lowest BCUT2D eigenvalue weighted by Crippen LogP contribution is -2.61. The van der Waals surface area contributed by atoms with Gasteiger partial charge in [0, 0.05) is 31.7 Å².